The van der Waals surface area contributed by atoms with Crippen LogP contribution in [0.2, 0.25) is 0 Å². The molecule has 0 bridgehead atoms. The minimum Gasteiger partial charge on any atom is -0.481 e. The van der Waals surface area contributed by atoms with Crippen LogP contribution in [0.4, 0.5) is 5.69 Å². The Labute approximate surface area is 287 Å². The number of carbonyl (C=O) groups is 4. The van der Waals surface area contributed by atoms with Crippen molar-refractivity contribution < 1.29 is 29.0 Å². The molecule has 0 aliphatic rings. The Morgan fingerprint density at radius 1 is 0.830 bits per heavy atom. The van der Waals surface area contributed by atoms with E-state index in [2.05, 4.69) is 42.2 Å². The summed E-state index contributed by atoms with van der Waals surface area (Å²) in [5.74, 6) is -1.99. The second-order valence-electron chi connectivity index (χ2n) is 10.2. The average molecular weight is 762 g/mol. The summed E-state index contributed by atoms with van der Waals surface area (Å²) in [7, 11) is 0. The standard InChI is InChI=1S/C19H18BrNO4.C17H12BrNO3/c1-2-25-18(23)11-10-17(22)21-16-9-4-3-8-15(16)19(24)13-6-5-7-14(20)12-13;18-11-5-3-4-10(8-11)16-12-6-1-2-7-14(12)19-17(22)13(16)9-15(20)21/h3-9,12H,2,10-11H2,1H3,(H,21,22);1-8H,9H2,(H,19,22)(H,20,21). The Morgan fingerprint density at radius 2 is 1.51 bits per heavy atom. The highest BCUT2D eigenvalue weighted by molar-refractivity contribution is 9.10. The average Bonchev–Trinajstić information content (AvgIpc) is 3.04. The van der Waals surface area contributed by atoms with Crippen LogP contribution in [0.3, 0.4) is 0 Å². The molecule has 1 amide bonds. The molecule has 0 atom stereocenters. The van der Waals surface area contributed by atoms with Crippen molar-refractivity contribution in [2.75, 3.05) is 11.9 Å². The molecule has 5 rings (SSSR count). The number of fused-ring (bicyclic) bond motifs is 1. The lowest BCUT2D eigenvalue weighted by atomic mass is 9.95. The summed E-state index contributed by atoms with van der Waals surface area (Å²) >= 11 is 6.76. The predicted octanol–water partition coefficient (Wildman–Crippen LogP) is 7.55. The van der Waals surface area contributed by atoms with E-state index in [1.807, 2.05) is 54.6 Å². The number of benzene rings is 4. The molecule has 11 heteroatoms. The molecule has 0 unspecified atom stereocenters. The zero-order valence-corrected chi connectivity index (χ0v) is 28.4. The number of halogens is 2. The number of aromatic amines is 1. The number of hydrogen-bond donors (Lipinski definition) is 3. The topological polar surface area (TPSA) is 143 Å². The highest BCUT2D eigenvalue weighted by Crippen LogP contribution is 2.31. The summed E-state index contributed by atoms with van der Waals surface area (Å²) in [5.41, 5.74) is 3.40. The summed E-state index contributed by atoms with van der Waals surface area (Å²) in [4.78, 5) is 62.3. The Morgan fingerprint density at radius 3 is 2.21 bits per heavy atom. The van der Waals surface area contributed by atoms with Crippen molar-refractivity contribution in [1.29, 1.82) is 0 Å². The van der Waals surface area contributed by atoms with Gasteiger partial charge in [-0.1, -0.05) is 86.5 Å². The van der Waals surface area contributed by atoms with E-state index in [9.17, 15) is 24.0 Å². The molecule has 0 aliphatic heterocycles. The van der Waals surface area contributed by atoms with Crippen LogP contribution in [0.15, 0.2) is 111 Å². The third-order valence-corrected chi connectivity index (χ3v) is 7.84. The Kier molecular flexibility index (Phi) is 12.4. The number of esters is 1. The van der Waals surface area contributed by atoms with Gasteiger partial charge in [-0.15, -0.1) is 0 Å². The molecule has 0 saturated carbocycles. The highest BCUT2D eigenvalue weighted by atomic mass is 79.9. The third kappa shape index (κ3) is 9.57. The number of H-pyrrole nitrogens is 1. The van der Waals surface area contributed by atoms with Crippen LogP contribution in [0.25, 0.3) is 22.0 Å². The Balaban J connectivity index is 0.000000214. The second kappa shape index (κ2) is 16.6. The van der Waals surface area contributed by atoms with Crippen LogP contribution in [0, 0.1) is 0 Å². The number of nitrogens with one attached hydrogen (secondary N) is 2. The number of carboxylic acid groups (broad SMARTS) is 1. The summed E-state index contributed by atoms with van der Waals surface area (Å²) in [6.07, 6.45) is -0.318. The lowest BCUT2D eigenvalue weighted by molar-refractivity contribution is -0.144. The molecule has 4 aromatic carbocycles. The van der Waals surface area contributed by atoms with Gasteiger partial charge in [0.15, 0.2) is 5.78 Å². The van der Waals surface area contributed by atoms with Gasteiger partial charge in [0.2, 0.25) is 5.91 Å². The summed E-state index contributed by atoms with van der Waals surface area (Å²) < 4.78 is 6.47. The third-order valence-electron chi connectivity index (χ3n) is 6.86. The Hall–Kier alpha value is -4.87. The molecular formula is C36H30Br2N2O7. The number of ketones is 1. The molecule has 47 heavy (non-hydrogen) atoms. The zero-order chi connectivity index (χ0) is 33.9. The molecule has 1 heterocycles. The SMILES string of the molecule is CCOC(=O)CCC(=O)Nc1ccccc1C(=O)c1cccc(Br)c1.O=C(O)Cc1c(-c2cccc(Br)c2)c2ccccc2[nH]c1=O. The predicted molar refractivity (Wildman–Crippen MR) is 188 cm³/mol. The van der Waals surface area contributed by atoms with Crippen LogP contribution < -0.4 is 10.9 Å². The lowest BCUT2D eigenvalue weighted by Gasteiger charge is -2.12. The molecule has 9 nitrogen and oxygen atoms in total. The molecule has 0 fully saturated rings. The lowest BCUT2D eigenvalue weighted by Crippen LogP contribution is -2.18. The fraction of sp³-hybridized carbons (Fsp3) is 0.139. The second-order valence-corrected chi connectivity index (χ2v) is 12.0. The van der Waals surface area contributed by atoms with Gasteiger partial charge in [0.25, 0.3) is 5.56 Å². The molecular weight excluding hydrogens is 732 g/mol. The maximum Gasteiger partial charge on any atom is 0.308 e. The minimum atomic E-state index is -1.03. The number of para-hydroxylation sites is 2. The number of aromatic nitrogens is 1. The first kappa shape index (κ1) is 35.0. The number of aliphatic carboxylic acids is 1. The summed E-state index contributed by atoms with van der Waals surface area (Å²) in [6.45, 7) is 1.99. The van der Waals surface area contributed by atoms with Crippen molar-refractivity contribution in [2.45, 2.75) is 26.2 Å². The zero-order valence-electron chi connectivity index (χ0n) is 25.2. The van der Waals surface area contributed by atoms with Crippen LogP contribution >= 0.6 is 31.9 Å². The quantitative estimate of drug-likeness (QED) is 0.0986. The van der Waals surface area contributed by atoms with E-state index in [4.69, 9.17) is 9.84 Å². The van der Waals surface area contributed by atoms with Gasteiger partial charge in [0.05, 0.1) is 25.1 Å². The molecule has 240 valence electrons. The summed E-state index contributed by atoms with van der Waals surface area (Å²) in [6, 6.07) is 28.7. The molecule has 0 spiro atoms. The normalized spacial score (nSPS) is 10.4. The van der Waals surface area contributed by atoms with Crippen molar-refractivity contribution in [1.82, 2.24) is 4.98 Å². The fourth-order valence-corrected chi connectivity index (χ4v) is 5.61. The van der Waals surface area contributed by atoms with Crippen LogP contribution in [-0.2, 0) is 25.5 Å². The number of carboxylic acids is 1. The number of amides is 1. The number of rotatable bonds is 10. The van der Waals surface area contributed by atoms with Crippen molar-refractivity contribution in [3.63, 3.8) is 0 Å². The van der Waals surface area contributed by atoms with E-state index < -0.39 is 11.9 Å². The van der Waals surface area contributed by atoms with Gasteiger partial charge in [0.1, 0.15) is 0 Å². The molecule has 3 N–H and O–H groups in total. The van der Waals surface area contributed by atoms with Crippen LogP contribution in [0.1, 0.15) is 41.3 Å². The number of pyridine rings is 1. The first-order valence-electron chi connectivity index (χ1n) is 14.5. The van der Waals surface area contributed by atoms with Gasteiger partial charge in [-0.25, -0.2) is 0 Å². The fourth-order valence-electron chi connectivity index (χ4n) is 4.81. The van der Waals surface area contributed by atoms with Gasteiger partial charge in [0, 0.05) is 48.5 Å². The minimum absolute atomic E-state index is 0.00141. The monoisotopic (exact) mass is 760 g/mol. The number of carbonyl (C=O) groups excluding carboxylic acids is 3. The molecule has 0 saturated heterocycles. The first-order valence-corrected chi connectivity index (χ1v) is 16.1. The van der Waals surface area contributed by atoms with E-state index in [0.29, 0.717) is 27.9 Å². The van der Waals surface area contributed by atoms with Crippen molar-refractivity contribution in [2.24, 2.45) is 0 Å². The van der Waals surface area contributed by atoms with Gasteiger partial charge in [-0.3, -0.25) is 24.0 Å². The van der Waals surface area contributed by atoms with Crippen LogP contribution in [0.5, 0.6) is 0 Å². The van der Waals surface area contributed by atoms with Crippen molar-refractivity contribution in [3.05, 3.63) is 133 Å². The first-order chi connectivity index (χ1) is 22.6. The maximum atomic E-state index is 12.7. The largest absolute Gasteiger partial charge is 0.481 e. The highest BCUT2D eigenvalue weighted by Gasteiger charge is 2.18. The molecule has 5 aromatic rings. The van der Waals surface area contributed by atoms with E-state index in [1.54, 1.807) is 49.4 Å². The smallest absolute Gasteiger partial charge is 0.308 e. The van der Waals surface area contributed by atoms with E-state index in [-0.39, 0.29) is 48.7 Å². The number of hydrogen-bond acceptors (Lipinski definition) is 6. The van der Waals surface area contributed by atoms with Gasteiger partial charge < -0.3 is 20.1 Å². The molecule has 1 aromatic heterocycles. The van der Waals surface area contributed by atoms with Crippen LogP contribution in [-0.4, -0.2) is 40.3 Å². The van der Waals surface area contributed by atoms with E-state index in [0.717, 1.165) is 19.9 Å². The van der Waals surface area contributed by atoms with E-state index in [1.165, 1.54) is 0 Å². The van der Waals surface area contributed by atoms with Gasteiger partial charge >= 0.3 is 11.9 Å². The van der Waals surface area contributed by atoms with Crippen molar-refractivity contribution >= 4 is 72.1 Å². The van der Waals surface area contributed by atoms with Gasteiger partial charge in [-0.05, 0) is 55.0 Å². The molecule has 0 radical (unpaired) electrons. The summed E-state index contributed by atoms with van der Waals surface area (Å²) in [5, 5.41) is 12.7. The molecule has 0 aliphatic carbocycles. The maximum absolute atomic E-state index is 12.7. The number of anilines is 1. The number of ether oxygens (including phenoxy) is 1. The Bertz CT molecular complexity index is 2010. The van der Waals surface area contributed by atoms with Crippen molar-refractivity contribution in [3.8, 4) is 11.1 Å². The van der Waals surface area contributed by atoms with Gasteiger partial charge in [-0.2, -0.15) is 0 Å². The van der Waals surface area contributed by atoms with E-state index >= 15 is 0 Å².